The molecule has 4 N–H and O–H groups in total. The van der Waals surface area contributed by atoms with Crippen molar-refractivity contribution in [3.8, 4) is 5.75 Å². The lowest BCUT2D eigenvalue weighted by atomic mass is 10.00. The smallest absolute Gasteiger partial charge is 0.263 e. The Labute approximate surface area is 204 Å². The highest BCUT2D eigenvalue weighted by Crippen LogP contribution is 2.37. The van der Waals surface area contributed by atoms with Gasteiger partial charge in [-0.1, -0.05) is 0 Å². The van der Waals surface area contributed by atoms with Crippen molar-refractivity contribution in [2.24, 2.45) is 0 Å². The molecule has 35 heavy (non-hydrogen) atoms. The maximum Gasteiger partial charge on any atom is 0.263 e. The number of hydrogen-bond acceptors (Lipinski definition) is 8. The lowest BCUT2D eigenvalue weighted by Gasteiger charge is -2.30. The number of carbonyl (C=O) groups excluding carboxylic acids is 1. The minimum absolute atomic E-state index is 0.0632. The summed E-state index contributed by atoms with van der Waals surface area (Å²) in [5.41, 5.74) is 7.68. The van der Waals surface area contributed by atoms with E-state index in [2.05, 4.69) is 15.6 Å². The Balaban J connectivity index is 1.22. The molecule has 1 aromatic carbocycles. The average molecular weight is 502 g/mol. The van der Waals surface area contributed by atoms with Crippen LogP contribution in [0.15, 0.2) is 18.2 Å². The number of ether oxygens (including phenoxy) is 2. The summed E-state index contributed by atoms with van der Waals surface area (Å²) in [6, 6.07) is 4.78. The molecule has 3 fully saturated rings. The van der Waals surface area contributed by atoms with Crippen LogP contribution in [-0.2, 0) is 11.2 Å². The van der Waals surface area contributed by atoms with Gasteiger partial charge < -0.3 is 30.7 Å². The molecule has 0 saturated carbocycles. The third kappa shape index (κ3) is 3.97. The zero-order chi connectivity index (χ0) is 24.3. The molecule has 11 heteroatoms. The molecule has 4 aliphatic heterocycles. The van der Waals surface area contributed by atoms with E-state index in [-0.39, 0.29) is 42.3 Å². The minimum atomic E-state index is -0.942. The van der Waals surface area contributed by atoms with E-state index in [1.54, 1.807) is 6.07 Å². The highest BCUT2D eigenvalue weighted by molar-refractivity contribution is 7.21. The molecular formula is C24H25F2N5O3S. The first-order chi connectivity index (χ1) is 16.9. The molecule has 4 aliphatic rings. The van der Waals surface area contributed by atoms with Gasteiger partial charge in [-0.05, 0) is 19.1 Å². The zero-order valence-electron chi connectivity index (χ0n) is 19.1. The van der Waals surface area contributed by atoms with Crippen LogP contribution in [0.5, 0.6) is 5.75 Å². The van der Waals surface area contributed by atoms with Gasteiger partial charge in [0.2, 0.25) is 0 Å². The largest absolute Gasteiger partial charge is 0.491 e. The van der Waals surface area contributed by atoms with Crippen molar-refractivity contribution in [3.63, 3.8) is 0 Å². The first-order valence-electron chi connectivity index (χ1n) is 11.6. The first kappa shape index (κ1) is 22.4. The van der Waals surface area contributed by atoms with Crippen LogP contribution in [0, 0.1) is 18.6 Å². The number of aromatic nitrogens is 1. The summed E-state index contributed by atoms with van der Waals surface area (Å²) in [6.07, 6.45) is 0.0375. The molecule has 1 amide bonds. The van der Waals surface area contributed by atoms with Gasteiger partial charge >= 0.3 is 0 Å². The van der Waals surface area contributed by atoms with Gasteiger partial charge in [0, 0.05) is 54.8 Å². The normalized spacial score (nSPS) is 23.6. The van der Waals surface area contributed by atoms with E-state index in [0.717, 1.165) is 11.1 Å². The summed E-state index contributed by atoms with van der Waals surface area (Å²) in [7, 11) is 0. The number of nitrogens with two attached hydrogens (primary N) is 1. The van der Waals surface area contributed by atoms with E-state index >= 15 is 8.78 Å². The van der Waals surface area contributed by atoms with Crippen molar-refractivity contribution in [1.82, 2.24) is 15.6 Å². The fourth-order valence-electron chi connectivity index (χ4n) is 4.96. The monoisotopic (exact) mass is 501 g/mol. The van der Waals surface area contributed by atoms with E-state index in [4.69, 9.17) is 15.2 Å². The van der Waals surface area contributed by atoms with Crippen LogP contribution in [0.25, 0.3) is 10.2 Å². The number of nitrogens with one attached hydrogen (secondary N) is 2. The number of fused-ring (bicyclic) bond motifs is 6. The molecule has 184 valence electrons. The first-order valence-corrected chi connectivity index (χ1v) is 12.4. The van der Waals surface area contributed by atoms with Gasteiger partial charge in [-0.2, -0.15) is 0 Å². The van der Waals surface area contributed by atoms with Gasteiger partial charge in [-0.3, -0.25) is 4.79 Å². The van der Waals surface area contributed by atoms with Gasteiger partial charge in [0.25, 0.3) is 5.91 Å². The number of nitrogens with zero attached hydrogens (tertiary/aromatic N) is 2. The summed E-state index contributed by atoms with van der Waals surface area (Å²) in [5, 5.41) is 6.94. The van der Waals surface area contributed by atoms with E-state index in [0.29, 0.717) is 47.4 Å². The number of morpholine rings is 1. The quantitative estimate of drug-likeness (QED) is 0.507. The average Bonchev–Trinajstić information content (AvgIpc) is 2.99. The van der Waals surface area contributed by atoms with Crippen molar-refractivity contribution >= 4 is 38.8 Å². The molecule has 3 aromatic rings. The third-order valence-electron chi connectivity index (χ3n) is 6.79. The lowest BCUT2D eigenvalue weighted by Crippen LogP contribution is -2.45. The second-order valence-electron chi connectivity index (χ2n) is 9.30. The van der Waals surface area contributed by atoms with Gasteiger partial charge in [-0.25, -0.2) is 13.8 Å². The van der Waals surface area contributed by atoms with Crippen LogP contribution < -0.4 is 26.0 Å². The van der Waals surface area contributed by atoms with Crippen LogP contribution in [0.1, 0.15) is 20.9 Å². The number of carbonyl (C=O) groups is 1. The molecule has 0 radical (unpaired) electrons. The van der Waals surface area contributed by atoms with Gasteiger partial charge in [0.15, 0.2) is 11.6 Å². The Morgan fingerprint density at radius 1 is 1.29 bits per heavy atom. The Bertz CT molecular complexity index is 1310. The molecule has 2 aromatic heterocycles. The van der Waals surface area contributed by atoms with Crippen molar-refractivity contribution in [2.75, 3.05) is 43.5 Å². The van der Waals surface area contributed by atoms with Gasteiger partial charge in [-0.15, -0.1) is 11.3 Å². The summed E-state index contributed by atoms with van der Waals surface area (Å²) >= 11 is 1.21. The topological polar surface area (TPSA) is 102 Å². The van der Waals surface area contributed by atoms with Crippen molar-refractivity contribution in [2.45, 2.75) is 31.5 Å². The number of aryl methyl sites for hydroxylation is 1. The molecular weight excluding hydrogens is 476 g/mol. The number of thiophene rings is 1. The molecule has 3 saturated heterocycles. The summed E-state index contributed by atoms with van der Waals surface area (Å²) < 4.78 is 42.0. The minimum Gasteiger partial charge on any atom is -0.491 e. The zero-order valence-corrected chi connectivity index (χ0v) is 19.9. The number of rotatable bonds is 3. The van der Waals surface area contributed by atoms with E-state index < -0.39 is 17.7 Å². The standard InChI is InChI=1S/C24H25F2N5O3S/c1-11-2-3-15-21(27)22(35-24(15)29-11)23(32)30-12-4-16-18(34-9-12)5-17(20(26)19(16)25)31-7-13-10-33-14(8-31)6-28-13/h2-3,5,12-14,28H,4,6-10,27H2,1H3,(H,30,32)/t12-,13?,14?/m1/s1. The van der Waals surface area contributed by atoms with Gasteiger partial charge in [0.1, 0.15) is 22.1 Å². The number of hydrogen-bond donors (Lipinski definition) is 3. The predicted octanol–water partition coefficient (Wildman–Crippen LogP) is 2.38. The Kier molecular flexibility index (Phi) is 5.50. The molecule has 6 heterocycles. The van der Waals surface area contributed by atoms with Crippen LogP contribution >= 0.6 is 11.3 Å². The number of anilines is 2. The van der Waals surface area contributed by atoms with Crippen LogP contribution in [-0.4, -0.2) is 61.9 Å². The lowest BCUT2D eigenvalue weighted by molar-refractivity contribution is 0.0259. The summed E-state index contributed by atoms with van der Waals surface area (Å²) in [6.45, 7) is 4.24. The highest BCUT2D eigenvalue weighted by Gasteiger charge is 2.34. The Morgan fingerprint density at radius 3 is 2.94 bits per heavy atom. The van der Waals surface area contributed by atoms with Crippen LogP contribution in [0.2, 0.25) is 0 Å². The number of amides is 1. The second kappa shape index (κ2) is 8.58. The fraction of sp³-hybridized carbons (Fsp3) is 0.417. The summed E-state index contributed by atoms with van der Waals surface area (Å²) in [5.74, 6) is -1.93. The summed E-state index contributed by atoms with van der Waals surface area (Å²) in [4.78, 5) is 20.2. The van der Waals surface area contributed by atoms with Crippen molar-refractivity contribution in [1.29, 1.82) is 0 Å². The fourth-order valence-corrected chi connectivity index (χ4v) is 6.00. The SMILES string of the molecule is Cc1ccc2c(N)c(C(=O)N[C@H]3COc4cc(N5CC6COC(CN6)C5)c(F)c(F)c4C3)sc2n1. The maximum absolute atomic E-state index is 15.2. The maximum atomic E-state index is 15.2. The van der Waals surface area contributed by atoms with Crippen LogP contribution in [0.4, 0.5) is 20.2 Å². The van der Waals surface area contributed by atoms with Crippen LogP contribution in [0.3, 0.4) is 0 Å². The molecule has 8 nitrogen and oxygen atoms in total. The number of halogens is 2. The molecule has 3 atom stereocenters. The Morgan fingerprint density at radius 2 is 2.14 bits per heavy atom. The molecule has 2 unspecified atom stereocenters. The molecule has 0 aliphatic carbocycles. The molecule has 0 spiro atoms. The predicted molar refractivity (Wildman–Crippen MR) is 129 cm³/mol. The van der Waals surface area contributed by atoms with E-state index in [9.17, 15) is 4.79 Å². The number of nitrogen functional groups attached to an aromatic ring is 1. The molecule has 2 bridgehead atoms. The number of benzene rings is 1. The highest BCUT2D eigenvalue weighted by atomic mass is 32.1. The van der Waals surface area contributed by atoms with E-state index in [1.165, 1.54) is 11.3 Å². The van der Waals surface area contributed by atoms with Gasteiger partial charge in [0.05, 0.1) is 30.1 Å². The molecule has 7 rings (SSSR count). The van der Waals surface area contributed by atoms with Crippen molar-refractivity contribution < 1.29 is 23.0 Å². The van der Waals surface area contributed by atoms with E-state index in [1.807, 2.05) is 24.0 Å². The van der Waals surface area contributed by atoms with Crippen molar-refractivity contribution in [3.05, 3.63) is 46.0 Å². The second-order valence-corrected chi connectivity index (χ2v) is 10.3. The third-order valence-corrected chi connectivity index (χ3v) is 7.90. The Hall–Kier alpha value is -3.02. The number of pyridine rings is 1.